The first-order chi connectivity index (χ1) is 17.4. The molecule has 0 saturated heterocycles. The zero-order valence-electron chi connectivity index (χ0n) is 20.2. The number of hydrogen-bond acceptors (Lipinski definition) is 2. The summed E-state index contributed by atoms with van der Waals surface area (Å²) in [7, 11) is 0. The lowest BCUT2D eigenvalue weighted by Crippen LogP contribution is -2.47. The number of aryl methyl sites for hydroxylation is 1. The number of rotatable bonds is 8. The fraction of sp³-hybridized carbons (Fsp3) is 0.357. The first-order valence-corrected chi connectivity index (χ1v) is 11.8. The molecular weight excluding hydrogens is 501 g/mol. The van der Waals surface area contributed by atoms with Crippen molar-refractivity contribution in [3.8, 4) is 5.75 Å². The molecule has 0 bridgehead atoms. The van der Waals surface area contributed by atoms with Gasteiger partial charge in [0.2, 0.25) is 0 Å². The van der Waals surface area contributed by atoms with Crippen molar-refractivity contribution >= 4 is 5.57 Å². The summed E-state index contributed by atoms with van der Waals surface area (Å²) in [6.45, 7) is 5.89. The molecule has 0 radical (unpaired) electrons. The van der Waals surface area contributed by atoms with Crippen molar-refractivity contribution in [1.29, 1.82) is 0 Å². The van der Waals surface area contributed by atoms with Gasteiger partial charge in [0.25, 0.3) is 0 Å². The second-order valence-electron chi connectivity index (χ2n) is 9.03. The van der Waals surface area contributed by atoms with E-state index in [1.54, 1.807) is 12.1 Å². The highest BCUT2D eigenvalue weighted by Gasteiger charge is 2.67. The zero-order chi connectivity index (χ0) is 27.1. The van der Waals surface area contributed by atoms with Crippen LogP contribution in [0, 0.1) is 17.6 Å². The Morgan fingerprint density at radius 1 is 1.03 bits per heavy atom. The third-order valence-corrected chi connectivity index (χ3v) is 6.56. The van der Waals surface area contributed by atoms with E-state index in [0.717, 1.165) is 12.1 Å². The number of alkyl halides is 4. The van der Waals surface area contributed by atoms with Crippen LogP contribution in [0.4, 0.5) is 30.7 Å². The van der Waals surface area contributed by atoms with E-state index in [9.17, 15) is 4.39 Å². The molecule has 198 valence electrons. The van der Waals surface area contributed by atoms with Crippen molar-refractivity contribution in [2.75, 3.05) is 6.61 Å². The molecule has 0 aromatic heterocycles. The molecule has 0 fully saturated rings. The van der Waals surface area contributed by atoms with Gasteiger partial charge in [0, 0.05) is 18.1 Å². The summed E-state index contributed by atoms with van der Waals surface area (Å²) >= 11 is 0. The van der Waals surface area contributed by atoms with Gasteiger partial charge in [-0.25, -0.2) is 13.2 Å². The largest absolute Gasteiger partial charge is 0.486 e. The topological polar surface area (TPSA) is 18.5 Å². The minimum Gasteiger partial charge on any atom is -0.486 e. The van der Waals surface area contributed by atoms with Crippen LogP contribution in [0.1, 0.15) is 42.5 Å². The Hall–Kier alpha value is -3.07. The van der Waals surface area contributed by atoms with Crippen LogP contribution in [-0.2, 0) is 23.7 Å². The molecule has 0 amide bonds. The molecular formula is C28H25F7O2. The van der Waals surface area contributed by atoms with E-state index in [4.69, 9.17) is 9.47 Å². The van der Waals surface area contributed by atoms with Crippen molar-refractivity contribution in [3.63, 3.8) is 0 Å². The first-order valence-electron chi connectivity index (χ1n) is 11.8. The molecule has 0 N–H and O–H groups in total. The number of halogens is 7. The minimum atomic E-state index is -5.07. The van der Waals surface area contributed by atoms with Gasteiger partial charge < -0.3 is 9.47 Å². The Labute approximate surface area is 210 Å². The van der Waals surface area contributed by atoms with Crippen LogP contribution in [0.3, 0.4) is 0 Å². The average Bonchev–Trinajstić information content (AvgIpc) is 2.83. The van der Waals surface area contributed by atoms with Crippen molar-refractivity contribution in [1.82, 2.24) is 0 Å². The molecule has 2 nitrogen and oxygen atoms in total. The number of allylic oxidation sites excluding steroid dienone is 3. The van der Waals surface area contributed by atoms with Crippen LogP contribution in [0.5, 0.6) is 5.75 Å². The Kier molecular flexibility index (Phi) is 7.29. The van der Waals surface area contributed by atoms with Gasteiger partial charge in [-0.2, -0.15) is 17.6 Å². The lowest BCUT2D eigenvalue weighted by molar-refractivity contribution is -0.196. The fourth-order valence-electron chi connectivity index (χ4n) is 4.70. The molecule has 9 heteroatoms. The van der Waals surface area contributed by atoms with Gasteiger partial charge in [0.1, 0.15) is 24.4 Å². The summed E-state index contributed by atoms with van der Waals surface area (Å²) in [6.07, 6.45) is 2.58. The fourth-order valence-corrected chi connectivity index (χ4v) is 4.70. The van der Waals surface area contributed by atoms with Crippen LogP contribution in [0.2, 0.25) is 0 Å². The van der Waals surface area contributed by atoms with Crippen LogP contribution in [0.15, 0.2) is 60.5 Å². The maximum Gasteiger partial charge on any atom is 0.343 e. The predicted molar refractivity (Wildman–Crippen MR) is 125 cm³/mol. The van der Waals surface area contributed by atoms with E-state index in [1.165, 1.54) is 32.1 Å². The van der Waals surface area contributed by atoms with E-state index in [1.807, 2.05) is 0 Å². The second-order valence-corrected chi connectivity index (χ2v) is 9.03. The average molecular weight is 526 g/mol. The highest BCUT2D eigenvalue weighted by atomic mass is 19.3. The van der Waals surface area contributed by atoms with Crippen molar-refractivity contribution < 1.29 is 40.2 Å². The monoisotopic (exact) mass is 526 g/mol. The third-order valence-electron chi connectivity index (χ3n) is 6.56. The summed E-state index contributed by atoms with van der Waals surface area (Å²) in [5.74, 6) is -15.0. The van der Waals surface area contributed by atoms with Gasteiger partial charge in [-0.15, -0.1) is 6.58 Å². The third kappa shape index (κ3) is 4.47. The van der Waals surface area contributed by atoms with E-state index >= 15 is 26.3 Å². The van der Waals surface area contributed by atoms with Gasteiger partial charge in [-0.3, -0.25) is 0 Å². The van der Waals surface area contributed by atoms with Crippen molar-refractivity contribution in [2.45, 2.75) is 51.2 Å². The minimum absolute atomic E-state index is 0.0203. The molecule has 2 atom stereocenters. The van der Waals surface area contributed by atoms with Gasteiger partial charge in [0.15, 0.2) is 11.6 Å². The second kappa shape index (κ2) is 10.0. The summed E-state index contributed by atoms with van der Waals surface area (Å²) in [4.78, 5) is 0. The van der Waals surface area contributed by atoms with E-state index in [0.29, 0.717) is 18.4 Å². The maximum atomic E-state index is 15.4. The van der Waals surface area contributed by atoms with Crippen molar-refractivity contribution in [3.05, 3.63) is 94.4 Å². The van der Waals surface area contributed by atoms with Gasteiger partial charge >= 0.3 is 11.8 Å². The van der Waals surface area contributed by atoms with Crippen LogP contribution in [0.25, 0.3) is 5.57 Å². The summed E-state index contributed by atoms with van der Waals surface area (Å²) < 4.78 is 116. The molecule has 37 heavy (non-hydrogen) atoms. The lowest BCUT2D eigenvalue weighted by atomic mass is 9.72. The number of benzene rings is 2. The quantitative estimate of drug-likeness (QED) is 0.256. The molecule has 0 spiro atoms. The number of ether oxygens (including phenoxy) is 2. The summed E-state index contributed by atoms with van der Waals surface area (Å²) in [5.41, 5.74) is -3.90. The smallest absolute Gasteiger partial charge is 0.343 e. The molecule has 2 aliphatic carbocycles. The molecule has 0 heterocycles. The maximum absolute atomic E-state index is 15.4. The highest BCUT2D eigenvalue weighted by Crippen LogP contribution is 2.60. The summed E-state index contributed by atoms with van der Waals surface area (Å²) in [5, 5.41) is 0. The van der Waals surface area contributed by atoms with E-state index < -0.39 is 75.8 Å². The Bertz CT molecular complexity index is 1280. The van der Waals surface area contributed by atoms with E-state index in [2.05, 4.69) is 6.58 Å². The first kappa shape index (κ1) is 27.0. The SMILES string of the molecule is C=CCCc1ccc(OCc2ccc3c(c2F)C(F)(F)C(F)(F)C2=C(F)C(OCC)C(C)C=C23)c(F)c1. The molecule has 0 saturated carbocycles. The van der Waals surface area contributed by atoms with Crippen molar-refractivity contribution in [2.24, 2.45) is 5.92 Å². The number of hydrogen-bond donors (Lipinski definition) is 0. The number of fused-ring (bicyclic) bond motifs is 3. The molecule has 2 aromatic rings. The normalized spacial score (nSPS) is 21.7. The molecule has 2 aliphatic rings. The molecule has 2 aromatic carbocycles. The predicted octanol–water partition coefficient (Wildman–Crippen LogP) is 8.06. The Morgan fingerprint density at radius 3 is 2.41 bits per heavy atom. The molecule has 2 unspecified atom stereocenters. The molecule has 0 aliphatic heterocycles. The van der Waals surface area contributed by atoms with Gasteiger partial charge in [-0.1, -0.05) is 37.3 Å². The van der Waals surface area contributed by atoms with E-state index in [-0.39, 0.29) is 12.4 Å². The summed E-state index contributed by atoms with van der Waals surface area (Å²) in [6, 6.07) is 6.25. The Balaban J connectivity index is 1.72. The van der Waals surface area contributed by atoms with Gasteiger partial charge in [0.05, 0.1) is 11.1 Å². The zero-order valence-corrected chi connectivity index (χ0v) is 20.2. The lowest BCUT2D eigenvalue weighted by Gasteiger charge is -2.40. The Morgan fingerprint density at radius 2 is 1.76 bits per heavy atom. The van der Waals surface area contributed by atoms with Crippen LogP contribution >= 0.6 is 0 Å². The molecule has 4 rings (SSSR count). The van der Waals surface area contributed by atoms with Crippen LogP contribution in [-0.4, -0.2) is 18.6 Å². The van der Waals surface area contributed by atoms with Crippen LogP contribution < -0.4 is 4.74 Å². The highest BCUT2D eigenvalue weighted by molar-refractivity contribution is 5.87. The van der Waals surface area contributed by atoms with Gasteiger partial charge in [-0.05, 0) is 48.6 Å². The standard InChI is InChI=1S/C28H25F7O2/c1-4-6-7-16-8-11-21(20(29)13-16)37-14-17-9-10-18-19-12-15(3)26(36-5-2)25(31)23(19)28(34,35)27(32,33)22(18)24(17)30/h4,8-13,15,26H,1,5-7,14H2,2-3H3.